The van der Waals surface area contributed by atoms with Crippen molar-refractivity contribution in [3.05, 3.63) is 41.5 Å². The second kappa shape index (κ2) is 8.18. The smallest absolute Gasteiger partial charge is 0.319 e. The summed E-state index contributed by atoms with van der Waals surface area (Å²) in [6.45, 7) is 3.66. The largest absolute Gasteiger partial charge is 0.465 e. The van der Waals surface area contributed by atoms with E-state index in [1.807, 2.05) is 24.3 Å². The van der Waals surface area contributed by atoms with E-state index < -0.39 is 11.2 Å². The topological polar surface area (TPSA) is 113 Å². The number of hydrogen-bond donors (Lipinski definition) is 1. The molecule has 2 N–H and O–H groups in total. The lowest BCUT2D eigenvalue weighted by molar-refractivity contribution is -0.142. The number of anilines is 1. The quantitative estimate of drug-likeness (QED) is 0.649. The number of hydrogen-bond acceptors (Lipinski definition) is 7. The third-order valence-corrected chi connectivity index (χ3v) is 4.45. The molecule has 2 aromatic rings. The fraction of sp³-hybridized carbons (Fsp3) is 0.222. The van der Waals surface area contributed by atoms with Gasteiger partial charge in [-0.2, -0.15) is 10.5 Å². The molecule has 2 rings (SSSR count). The van der Waals surface area contributed by atoms with Crippen LogP contribution in [0.15, 0.2) is 35.4 Å². The molecule has 6 nitrogen and oxygen atoms in total. The average Bonchev–Trinajstić information content (AvgIpc) is 2.62. The Balaban J connectivity index is 2.60. The van der Waals surface area contributed by atoms with Gasteiger partial charge in [-0.15, -0.1) is 0 Å². The lowest BCUT2D eigenvalue weighted by atomic mass is 9.97. The molecule has 0 radical (unpaired) electrons. The van der Waals surface area contributed by atoms with Crippen LogP contribution >= 0.6 is 11.8 Å². The van der Waals surface area contributed by atoms with Crippen molar-refractivity contribution in [3.63, 3.8) is 0 Å². The van der Waals surface area contributed by atoms with Crippen LogP contribution < -0.4 is 5.73 Å². The van der Waals surface area contributed by atoms with Gasteiger partial charge in [-0.25, -0.2) is 4.98 Å². The van der Waals surface area contributed by atoms with E-state index in [4.69, 9.17) is 10.5 Å². The van der Waals surface area contributed by atoms with E-state index >= 15 is 0 Å². The first-order chi connectivity index (χ1) is 12.0. The molecule has 0 bridgehead atoms. The van der Waals surface area contributed by atoms with Crippen LogP contribution in [0.4, 0.5) is 5.82 Å². The minimum atomic E-state index is -0.560. The molecule has 126 valence electrons. The molecule has 0 fully saturated rings. The van der Waals surface area contributed by atoms with Gasteiger partial charge in [0.1, 0.15) is 33.8 Å². The van der Waals surface area contributed by atoms with Gasteiger partial charge in [-0.05, 0) is 19.4 Å². The highest BCUT2D eigenvalue weighted by molar-refractivity contribution is 8.00. The fourth-order valence-corrected chi connectivity index (χ4v) is 3.17. The van der Waals surface area contributed by atoms with Crippen LogP contribution in [0.3, 0.4) is 0 Å². The van der Waals surface area contributed by atoms with E-state index in [0.717, 1.165) is 11.8 Å². The molecule has 0 saturated carbocycles. The molecule has 0 aliphatic heterocycles. The highest BCUT2D eigenvalue weighted by Gasteiger charge is 2.24. The first-order valence-corrected chi connectivity index (χ1v) is 8.43. The molecule has 7 heteroatoms. The Hall–Kier alpha value is -3.03. The predicted octanol–water partition coefficient (Wildman–Crippen LogP) is 3.12. The Kier molecular flexibility index (Phi) is 5.99. The number of carbonyl (C=O) groups is 1. The maximum absolute atomic E-state index is 11.9. The number of aromatic nitrogens is 1. The van der Waals surface area contributed by atoms with Crippen molar-refractivity contribution in [1.82, 2.24) is 4.98 Å². The van der Waals surface area contributed by atoms with Crippen LogP contribution in [0, 0.1) is 22.7 Å². The number of carbonyl (C=O) groups excluding carboxylic acids is 1. The van der Waals surface area contributed by atoms with Crippen molar-refractivity contribution in [2.24, 2.45) is 0 Å². The third kappa shape index (κ3) is 3.90. The summed E-state index contributed by atoms with van der Waals surface area (Å²) in [5, 5.41) is 18.9. The van der Waals surface area contributed by atoms with Gasteiger partial charge in [-0.1, -0.05) is 42.1 Å². The molecule has 1 unspecified atom stereocenters. The van der Waals surface area contributed by atoms with Crippen molar-refractivity contribution in [2.75, 3.05) is 12.3 Å². The van der Waals surface area contributed by atoms with E-state index in [-0.39, 0.29) is 23.6 Å². The van der Waals surface area contributed by atoms with E-state index in [1.54, 1.807) is 26.0 Å². The van der Waals surface area contributed by atoms with E-state index in [1.165, 1.54) is 0 Å². The molecule has 1 aromatic carbocycles. The molecule has 0 aliphatic rings. The van der Waals surface area contributed by atoms with Gasteiger partial charge in [0.15, 0.2) is 0 Å². The number of pyridine rings is 1. The number of benzene rings is 1. The number of ether oxygens (including phenoxy) is 1. The van der Waals surface area contributed by atoms with E-state index in [2.05, 4.69) is 11.1 Å². The second-order valence-electron chi connectivity index (χ2n) is 5.03. The summed E-state index contributed by atoms with van der Waals surface area (Å²) in [6, 6.07) is 13.2. The number of nitrogen functional groups attached to an aromatic ring is 1. The second-order valence-corrected chi connectivity index (χ2v) is 6.36. The van der Waals surface area contributed by atoms with Crippen LogP contribution in [0.2, 0.25) is 0 Å². The third-order valence-electron chi connectivity index (χ3n) is 3.39. The van der Waals surface area contributed by atoms with Gasteiger partial charge in [0, 0.05) is 5.56 Å². The summed E-state index contributed by atoms with van der Waals surface area (Å²) in [4.78, 5) is 16.0. The van der Waals surface area contributed by atoms with Crippen LogP contribution in [-0.2, 0) is 9.53 Å². The molecule has 0 aliphatic carbocycles. The zero-order valence-corrected chi connectivity index (χ0v) is 14.6. The molecular formula is C18H16N4O2S. The van der Waals surface area contributed by atoms with Gasteiger partial charge in [0.25, 0.3) is 0 Å². The van der Waals surface area contributed by atoms with Crippen molar-refractivity contribution >= 4 is 23.5 Å². The van der Waals surface area contributed by atoms with Crippen LogP contribution in [0.1, 0.15) is 25.0 Å². The predicted molar refractivity (Wildman–Crippen MR) is 95.5 cm³/mol. The Morgan fingerprint density at radius 2 is 1.92 bits per heavy atom. The van der Waals surface area contributed by atoms with Crippen molar-refractivity contribution in [1.29, 1.82) is 10.5 Å². The number of rotatable bonds is 5. The minimum absolute atomic E-state index is 0.0268. The fourth-order valence-electron chi connectivity index (χ4n) is 2.25. The number of esters is 1. The summed E-state index contributed by atoms with van der Waals surface area (Å²) in [5.41, 5.74) is 7.42. The van der Waals surface area contributed by atoms with E-state index in [9.17, 15) is 15.3 Å². The molecule has 0 spiro atoms. The van der Waals surface area contributed by atoms with Gasteiger partial charge < -0.3 is 10.5 Å². The van der Waals surface area contributed by atoms with Gasteiger partial charge in [0.05, 0.1) is 12.2 Å². The van der Waals surface area contributed by atoms with Crippen LogP contribution in [0.25, 0.3) is 11.1 Å². The lowest BCUT2D eigenvalue weighted by Crippen LogP contribution is -2.17. The summed E-state index contributed by atoms with van der Waals surface area (Å²) >= 11 is 1.09. The van der Waals surface area contributed by atoms with Gasteiger partial charge in [-0.3, -0.25) is 4.79 Å². The molecular weight excluding hydrogens is 336 g/mol. The minimum Gasteiger partial charge on any atom is -0.465 e. The molecule has 25 heavy (non-hydrogen) atoms. The van der Waals surface area contributed by atoms with Crippen LogP contribution in [-0.4, -0.2) is 22.8 Å². The maximum atomic E-state index is 11.9. The molecule has 1 atom stereocenters. The lowest BCUT2D eigenvalue weighted by Gasteiger charge is -2.15. The Labute approximate surface area is 150 Å². The van der Waals surface area contributed by atoms with E-state index in [0.29, 0.717) is 16.2 Å². The highest BCUT2D eigenvalue weighted by Crippen LogP contribution is 2.36. The summed E-state index contributed by atoms with van der Waals surface area (Å²) in [5.74, 6) is -0.374. The average molecular weight is 352 g/mol. The van der Waals surface area contributed by atoms with Crippen molar-refractivity contribution in [3.8, 4) is 23.3 Å². The Morgan fingerprint density at radius 3 is 2.48 bits per heavy atom. The Morgan fingerprint density at radius 1 is 1.28 bits per heavy atom. The van der Waals surface area contributed by atoms with Gasteiger partial charge in [0.2, 0.25) is 0 Å². The molecule has 0 amide bonds. The first kappa shape index (κ1) is 18.3. The molecule has 1 aromatic heterocycles. The van der Waals surface area contributed by atoms with Crippen molar-refractivity contribution < 1.29 is 9.53 Å². The molecule has 1 heterocycles. The van der Waals surface area contributed by atoms with Crippen molar-refractivity contribution in [2.45, 2.75) is 24.1 Å². The number of thioether (sulfide) groups is 1. The SMILES string of the molecule is CCOC(=O)C(C)Sc1nc(N)c(C#N)c(-c2ccccc2)c1C#N. The number of nitrogens with two attached hydrogens (primary N) is 1. The highest BCUT2D eigenvalue weighted by atomic mass is 32.2. The zero-order chi connectivity index (χ0) is 18.4. The zero-order valence-electron chi connectivity index (χ0n) is 13.8. The number of nitriles is 2. The standard InChI is InChI=1S/C18H16N4O2S/c1-3-24-18(23)11(2)25-17-14(10-20)15(12-7-5-4-6-8-12)13(9-19)16(21)22-17/h4-8,11H,3H2,1-2H3,(H2,21,22). The first-order valence-electron chi connectivity index (χ1n) is 7.55. The summed E-state index contributed by atoms with van der Waals surface area (Å²) in [6.07, 6.45) is 0. The molecule has 0 saturated heterocycles. The van der Waals surface area contributed by atoms with Crippen LogP contribution in [0.5, 0.6) is 0 Å². The monoisotopic (exact) mass is 352 g/mol. The Bertz CT molecular complexity index is 869. The maximum Gasteiger partial charge on any atom is 0.319 e. The summed E-state index contributed by atoms with van der Waals surface area (Å²) in [7, 11) is 0. The normalized spacial score (nSPS) is 11.2. The van der Waals surface area contributed by atoms with Gasteiger partial charge >= 0.3 is 5.97 Å². The number of nitrogens with zero attached hydrogens (tertiary/aromatic N) is 3. The summed E-state index contributed by atoms with van der Waals surface area (Å²) < 4.78 is 4.99.